The highest BCUT2D eigenvalue weighted by atomic mass is 16.7. The Morgan fingerprint density at radius 3 is 2.36 bits per heavy atom. The van der Waals surface area contributed by atoms with Crippen molar-refractivity contribution in [1.29, 1.82) is 0 Å². The molecule has 0 bridgehead atoms. The van der Waals surface area contributed by atoms with Gasteiger partial charge in [-0.3, -0.25) is 19.3 Å². The lowest BCUT2D eigenvalue weighted by Crippen LogP contribution is -2.37. The first kappa shape index (κ1) is 18.5. The topological polar surface area (TPSA) is 59.1 Å². The number of likely N-dealkylation sites (tertiary alicyclic amines) is 1. The fraction of sp³-hybridized carbons (Fsp3) is 0.364. The third-order valence-electron chi connectivity index (χ3n) is 5.41. The molecule has 2 amide bonds. The Hall–Kier alpha value is -2.86. The molecule has 0 spiro atoms. The summed E-state index contributed by atoms with van der Waals surface area (Å²) in [5.41, 5.74) is 1.73. The van der Waals surface area contributed by atoms with E-state index in [1.54, 1.807) is 12.2 Å². The number of carbonyl (C=O) groups is 2. The second-order valence-corrected chi connectivity index (χ2v) is 7.11. The van der Waals surface area contributed by atoms with Crippen LogP contribution in [0.4, 0.5) is 5.69 Å². The maximum absolute atomic E-state index is 13.2. The van der Waals surface area contributed by atoms with Crippen LogP contribution in [0.15, 0.2) is 54.6 Å². The molecule has 2 heterocycles. The van der Waals surface area contributed by atoms with Gasteiger partial charge in [0.15, 0.2) is 6.10 Å². The minimum absolute atomic E-state index is 0.150. The van der Waals surface area contributed by atoms with Crippen molar-refractivity contribution >= 4 is 17.5 Å². The second-order valence-electron chi connectivity index (χ2n) is 7.11. The van der Waals surface area contributed by atoms with Crippen LogP contribution in [0, 0.1) is 5.92 Å². The van der Waals surface area contributed by atoms with Gasteiger partial charge in [-0.1, -0.05) is 43.7 Å². The van der Waals surface area contributed by atoms with Crippen LogP contribution in [0.1, 0.15) is 31.4 Å². The maximum Gasteiger partial charge on any atom is 0.261 e. The van der Waals surface area contributed by atoms with Gasteiger partial charge in [0.2, 0.25) is 5.91 Å². The Kier molecular flexibility index (Phi) is 5.05. The molecule has 0 radical (unpaired) electrons. The smallest absolute Gasteiger partial charge is 0.261 e. The van der Waals surface area contributed by atoms with E-state index in [1.807, 2.05) is 61.5 Å². The lowest BCUT2D eigenvalue weighted by molar-refractivity contribution is -0.143. The maximum atomic E-state index is 13.2. The van der Waals surface area contributed by atoms with Gasteiger partial charge in [0, 0.05) is 6.54 Å². The summed E-state index contributed by atoms with van der Waals surface area (Å²) in [7, 11) is 1.62. The molecule has 28 heavy (non-hydrogen) atoms. The number of unbranched alkanes of at least 4 members (excludes halogenated alkanes) is 1. The Morgan fingerprint density at radius 1 is 1.00 bits per heavy atom. The van der Waals surface area contributed by atoms with Crippen molar-refractivity contribution in [2.75, 3.05) is 18.7 Å². The number of fused-ring (bicyclic) bond motifs is 1. The van der Waals surface area contributed by atoms with E-state index >= 15 is 0 Å². The number of hydrogen-bond acceptors (Lipinski definition) is 5. The summed E-state index contributed by atoms with van der Waals surface area (Å²) in [5.74, 6) is -0.204. The number of para-hydroxylation sites is 1. The van der Waals surface area contributed by atoms with Crippen molar-refractivity contribution in [3.8, 4) is 5.75 Å². The van der Waals surface area contributed by atoms with Gasteiger partial charge in [0.05, 0.1) is 18.8 Å². The summed E-state index contributed by atoms with van der Waals surface area (Å²) < 4.78 is 5.26. The number of methoxy groups -OCH3 is 1. The van der Waals surface area contributed by atoms with Crippen LogP contribution in [0.2, 0.25) is 0 Å². The number of amides is 2. The molecule has 2 aromatic carbocycles. The molecule has 2 fully saturated rings. The third kappa shape index (κ3) is 3.03. The van der Waals surface area contributed by atoms with Crippen molar-refractivity contribution in [2.24, 2.45) is 5.92 Å². The molecule has 3 atom stereocenters. The van der Waals surface area contributed by atoms with E-state index in [0.717, 1.165) is 29.8 Å². The van der Waals surface area contributed by atoms with Gasteiger partial charge in [0.1, 0.15) is 11.7 Å². The summed E-state index contributed by atoms with van der Waals surface area (Å²) in [6.07, 6.45) is 0.939. The SMILES string of the molecule is CCCCN1C(=O)[C@H]2[C@@H](ON(c3ccccc3)[C@H]2c2ccc(OC)cc2)C1=O. The molecule has 2 aliphatic rings. The number of anilines is 1. The van der Waals surface area contributed by atoms with Crippen molar-refractivity contribution in [3.05, 3.63) is 60.2 Å². The lowest BCUT2D eigenvalue weighted by atomic mass is 9.90. The molecular weight excluding hydrogens is 356 g/mol. The number of benzene rings is 2. The van der Waals surface area contributed by atoms with Crippen LogP contribution in [0.25, 0.3) is 0 Å². The standard InChI is InChI=1S/C22H24N2O4/c1-3-4-14-23-21(25)18-19(15-10-12-17(27-2)13-11-15)24(28-20(18)22(23)26)16-8-6-5-7-9-16/h5-13,18-20H,3-4,14H2,1-2H3/t18-,19+,20-/m1/s1. The zero-order chi connectivity index (χ0) is 19.7. The minimum Gasteiger partial charge on any atom is -0.497 e. The highest BCUT2D eigenvalue weighted by Crippen LogP contribution is 2.46. The van der Waals surface area contributed by atoms with Crippen LogP contribution in [-0.4, -0.2) is 36.5 Å². The van der Waals surface area contributed by atoms with Crippen molar-refractivity contribution in [1.82, 2.24) is 4.90 Å². The van der Waals surface area contributed by atoms with E-state index in [0.29, 0.717) is 6.54 Å². The fourth-order valence-electron chi connectivity index (χ4n) is 3.95. The summed E-state index contributed by atoms with van der Waals surface area (Å²) in [5, 5.41) is 1.71. The number of rotatable bonds is 6. The predicted octanol–water partition coefficient (Wildman–Crippen LogP) is 3.34. The van der Waals surface area contributed by atoms with E-state index in [2.05, 4.69) is 0 Å². The Balaban J connectivity index is 1.72. The van der Waals surface area contributed by atoms with Crippen molar-refractivity contribution < 1.29 is 19.2 Å². The Morgan fingerprint density at radius 2 is 1.71 bits per heavy atom. The Bertz CT molecular complexity index is 853. The highest BCUT2D eigenvalue weighted by Gasteiger charge is 2.59. The molecule has 2 saturated heterocycles. The molecule has 6 heteroatoms. The van der Waals surface area contributed by atoms with Crippen LogP contribution >= 0.6 is 0 Å². The van der Waals surface area contributed by atoms with Gasteiger partial charge in [0.25, 0.3) is 5.91 Å². The number of hydroxylamine groups is 1. The average molecular weight is 380 g/mol. The van der Waals surface area contributed by atoms with E-state index in [1.165, 1.54) is 4.90 Å². The van der Waals surface area contributed by atoms with Crippen molar-refractivity contribution in [3.63, 3.8) is 0 Å². The summed E-state index contributed by atoms with van der Waals surface area (Å²) in [6.45, 7) is 2.49. The number of nitrogens with zero attached hydrogens (tertiary/aromatic N) is 2. The van der Waals surface area contributed by atoms with Crippen molar-refractivity contribution in [2.45, 2.75) is 31.9 Å². The molecule has 0 unspecified atom stereocenters. The van der Waals surface area contributed by atoms with Gasteiger partial charge in [-0.15, -0.1) is 0 Å². The molecule has 0 saturated carbocycles. The van der Waals surface area contributed by atoms with E-state index in [-0.39, 0.29) is 17.9 Å². The Labute approximate surface area is 164 Å². The van der Waals surface area contributed by atoms with Crippen LogP contribution < -0.4 is 9.80 Å². The molecule has 0 aromatic heterocycles. The molecule has 4 rings (SSSR count). The lowest BCUT2D eigenvalue weighted by Gasteiger charge is -2.28. The van der Waals surface area contributed by atoms with Gasteiger partial charge in [-0.25, -0.2) is 5.06 Å². The first-order valence-corrected chi connectivity index (χ1v) is 9.66. The molecule has 0 aliphatic carbocycles. The van der Waals surface area contributed by atoms with E-state index in [4.69, 9.17) is 9.57 Å². The first-order valence-electron chi connectivity index (χ1n) is 9.66. The summed E-state index contributed by atoms with van der Waals surface area (Å²) in [4.78, 5) is 33.5. The quantitative estimate of drug-likeness (QED) is 0.720. The largest absolute Gasteiger partial charge is 0.497 e. The minimum atomic E-state index is -0.781. The molecular formula is C22H24N2O4. The normalized spacial score (nSPS) is 24.0. The van der Waals surface area contributed by atoms with E-state index < -0.39 is 12.0 Å². The van der Waals surface area contributed by atoms with Crippen LogP contribution in [-0.2, 0) is 14.4 Å². The fourth-order valence-corrected chi connectivity index (χ4v) is 3.95. The zero-order valence-electron chi connectivity index (χ0n) is 16.1. The predicted molar refractivity (Wildman–Crippen MR) is 105 cm³/mol. The van der Waals surface area contributed by atoms with Crippen LogP contribution in [0.3, 0.4) is 0 Å². The van der Waals surface area contributed by atoms with Gasteiger partial charge in [-0.2, -0.15) is 0 Å². The van der Waals surface area contributed by atoms with Crippen LogP contribution in [0.5, 0.6) is 5.75 Å². The van der Waals surface area contributed by atoms with E-state index in [9.17, 15) is 9.59 Å². The molecule has 0 N–H and O–H groups in total. The second kappa shape index (κ2) is 7.64. The van der Waals surface area contributed by atoms with Gasteiger partial charge < -0.3 is 4.74 Å². The molecule has 146 valence electrons. The van der Waals surface area contributed by atoms with Gasteiger partial charge >= 0.3 is 0 Å². The molecule has 6 nitrogen and oxygen atoms in total. The summed E-state index contributed by atoms with van der Waals surface area (Å²) in [6, 6.07) is 16.8. The van der Waals surface area contributed by atoms with Gasteiger partial charge in [-0.05, 0) is 36.2 Å². The number of ether oxygens (including phenoxy) is 1. The number of hydrogen-bond donors (Lipinski definition) is 0. The number of imide groups is 1. The molecule has 2 aliphatic heterocycles. The average Bonchev–Trinajstić information content (AvgIpc) is 3.24. The monoisotopic (exact) mass is 380 g/mol. The summed E-state index contributed by atoms with van der Waals surface area (Å²) >= 11 is 0. The first-order chi connectivity index (χ1) is 13.7. The third-order valence-corrected chi connectivity index (χ3v) is 5.41. The zero-order valence-corrected chi connectivity index (χ0v) is 16.1. The number of carbonyl (C=O) groups excluding carboxylic acids is 2. The molecule has 2 aromatic rings. The highest BCUT2D eigenvalue weighted by molar-refractivity contribution is 6.07.